The van der Waals surface area contributed by atoms with E-state index >= 15 is 0 Å². The van der Waals surface area contributed by atoms with Crippen molar-refractivity contribution < 1.29 is 14.6 Å². The van der Waals surface area contributed by atoms with E-state index in [1.807, 2.05) is 58.0 Å². The van der Waals surface area contributed by atoms with Crippen LogP contribution in [0.5, 0.6) is 0 Å². The second-order valence-electron chi connectivity index (χ2n) is 8.85. The standard InChI is InChI=1S/C25H24ClNO3S/c1-14-13-18-23(31-19(27-18)12-7-15-5-6-15)21(16-8-10-17(26)11-9-16)20(14)22(24(28)29)30-25(2,3)4/h8-11,13,15,22H,5-6H2,1-4H3,(H,28,29). The van der Waals surface area contributed by atoms with Gasteiger partial charge in [0.2, 0.25) is 0 Å². The van der Waals surface area contributed by atoms with E-state index in [1.165, 1.54) is 11.3 Å². The lowest BCUT2D eigenvalue weighted by Crippen LogP contribution is -2.28. The molecule has 1 saturated carbocycles. The SMILES string of the molecule is Cc1cc2nc(C#CC3CC3)sc2c(-c2ccc(Cl)cc2)c1C(OC(C)(C)C)C(=O)O. The molecule has 0 saturated heterocycles. The van der Waals surface area contributed by atoms with E-state index in [-0.39, 0.29) is 0 Å². The smallest absolute Gasteiger partial charge is 0.337 e. The maximum absolute atomic E-state index is 12.3. The van der Waals surface area contributed by atoms with E-state index in [4.69, 9.17) is 21.3 Å². The molecule has 4 rings (SSSR count). The summed E-state index contributed by atoms with van der Waals surface area (Å²) in [5.74, 6) is 5.93. The number of aryl methyl sites for hydroxylation is 1. The second kappa shape index (κ2) is 8.27. The molecule has 1 heterocycles. The highest BCUT2D eigenvalue weighted by Gasteiger charge is 2.32. The third-order valence-corrected chi connectivity index (χ3v) is 6.24. The minimum atomic E-state index is -1.11. The number of carbonyl (C=O) groups is 1. The van der Waals surface area contributed by atoms with E-state index in [9.17, 15) is 9.90 Å². The van der Waals surface area contributed by atoms with Crippen LogP contribution >= 0.6 is 22.9 Å². The van der Waals surface area contributed by atoms with Crippen LogP contribution < -0.4 is 0 Å². The molecule has 1 N–H and O–H groups in total. The van der Waals surface area contributed by atoms with Crippen LogP contribution in [0.25, 0.3) is 21.3 Å². The highest BCUT2D eigenvalue weighted by molar-refractivity contribution is 7.19. The van der Waals surface area contributed by atoms with Crippen LogP contribution in [0, 0.1) is 24.7 Å². The van der Waals surface area contributed by atoms with Crippen molar-refractivity contribution in [3.05, 3.63) is 51.5 Å². The number of nitrogens with zero attached hydrogens (tertiary/aromatic N) is 1. The van der Waals surface area contributed by atoms with E-state index < -0.39 is 17.7 Å². The van der Waals surface area contributed by atoms with Gasteiger partial charge in [0, 0.05) is 22.1 Å². The summed E-state index contributed by atoms with van der Waals surface area (Å²) >= 11 is 7.62. The fraction of sp³-hybridized carbons (Fsp3) is 0.360. The number of aliphatic carboxylic acids is 1. The first kappa shape index (κ1) is 21.8. The topological polar surface area (TPSA) is 59.4 Å². The molecule has 6 heteroatoms. The van der Waals surface area contributed by atoms with Gasteiger partial charge in [0.25, 0.3) is 0 Å². The summed E-state index contributed by atoms with van der Waals surface area (Å²) < 4.78 is 6.93. The number of carboxylic acids is 1. The number of hydrogen-bond donors (Lipinski definition) is 1. The van der Waals surface area contributed by atoms with Gasteiger partial charge < -0.3 is 9.84 Å². The number of halogens is 1. The van der Waals surface area contributed by atoms with Crippen LogP contribution in [0.4, 0.5) is 0 Å². The number of benzene rings is 2. The molecular weight excluding hydrogens is 430 g/mol. The minimum absolute atomic E-state index is 0.483. The average molecular weight is 454 g/mol. The summed E-state index contributed by atoms with van der Waals surface area (Å²) in [7, 11) is 0. The normalized spacial score (nSPS) is 14.9. The van der Waals surface area contributed by atoms with Gasteiger partial charge in [0.1, 0.15) is 0 Å². The molecule has 3 aromatic rings. The Morgan fingerprint density at radius 1 is 1.29 bits per heavy atom. The van der Waals surface area contributed by atoms with Gasteiger partial charge in [-0.25, -0.2) is 9.78 Å². The van der Waals surface area contributed by atoms with Crippen molar-refractivity contribution >= 4 is 39.1 Å². The summed E-state index contributed by atoms with van der Waals surface area (Å²) in [5.41, 5.74) is 3.35. The number of ether oxygens (including phenoxy) is 1. The molecule has 1 fully saturated rings. The Kier molecular flexibility index (Phi) is 5.83. The lowest BCUT2D eigenvalue weighted by Gasteiger charge is -2.28. The summed E-state index contributed by atoms with van der Waals surface area (Å²) in [5, 5.41) is 11.4. The zero-order valence-electron chi connectivity index (χ0n) is 18.0. The van der Waals surface area contributed by atoms with Crippen LogP contribution in [-0.4, -0.2) is 21.7 Å². The number of carboxylic acid groups (broad SMARTS) is 1. The molecule has 1 atom stereocenters. The van der Waals surface area contributed by atoms with Gasteiger partial charge in [-0.2, -0.15) is 0 Å². The summed E-state index contributed by atoms with van der Waals surface area (Å²) in [6, 6.07) is 9.37. The number of thiazole rings is 1. The fourth-order valence-electron chi connectivity index (χ4n) is 3.48. The number of aromatic nitrogens is 1. The highest BCUT2D eigenvalue weighted by Crippen LogP contribution is 2.42. The zero-order valence-corrected chi connectivity index (χ0v) is 19.5. The molecule has 160 valence electrons. The Morgan fingerprint density at radius 2 is 1.97 bits per heavy atom. The van der Waals surface area contributed by atoms with Crippen LogP contribution in [0.3, 0.4) is 0 Å². The molecule has 0 bridgehead atoms. The van der Waals surface area contributed by atoms with Gasteiger partial charge in [0.15, 0.2) is 11.1 Å². The van der Waals surface area contributed by atoms with Crippen LogP contribution in [-0.2, 0) is 9.53 Å². The Balaban J connectivity index is 1.98. The summed E-state index contributed by atoms with van der Waals surface area (Å²) in [6.07, 6.45) is 1.20. The second-order valence-corrected chi connectivity index (χ2v) is 10.3. The van der Waals surface area contributed by atoms with E-state index in [0.717, 1.165) is 44.8 Å². The lowest BCUT2D eigenvalue weighted by molar-refractivity contribution is -0.160. The Hall–Kier alpha value is -2.39. The van der Waals surface area contributed by atoms with Gasteiger partial charge >= 0.3 is 5.97 Å². The van der Waals surface area contributed by atoms with Gasteiger partial charge in [-0.1, -0.05) is 29.7 Å². The molecule has 0 spiro atoms. The van der Waals surface area contributed by atoms with Crippen molar-refractivity contribution in [3.8, 4) is 23.0 Å². The predicted molar refractivity (Wildman–Crippen MR) is 126 cm³/mol. The first-order chi connectivity index (χ1) is 14.6. The quantitative estimate of drug-likeness (QED) is 0.450. The Bertz CT molecular complexity index is 1210. The lowest BCUT2D eigenvalue weighted by atomic mass is 9.91. The molecule has 1 aliphatic carbocycles. The molecule has 1 aliphatic rings. The minimum Gasteiger partial charge on any atom is -0.479 e. The number of hydrogen-bond acceptors (Lipinski definition) is 4. The van der Waals surface area contributed by atoms with Crippen LogP contribution in [0.2, 0.25) is 5.02 Å². The maximum atomic E-state index is 12.3. The Labute approximate surface area is 191 Å². The van der Waals surface area contributed by atoms with E-state index in [2.05, 4.69) is 11.8 Å². The molecule has 0 radical (unpaired) electrons. The van der Waals surface area contributed by atoms with Gasteiger partial charge in [-0.15, -0.1) is 11.3 Å². The van der Waals surface area contributed by atoms with Crippen LogP contribution in [0.15, 0.2) is 30.3 Å². The van der Waals surface area contributed by atoms with Crippen LogP contribution in [0.1, 0.15) is 55.9 Å². The zero-order chi connectivity index (χ0) is 22.3. The summed E-state index contributed by atoms with van der Waals surface area (Å²) in [4.78, 5) is 17.0. The first-order valence-corrected chi connectivity index (χ1v) is 11.4. The largest absolute Gasteiger partial charge is 0.479 e. The summed E-state index contributed by atoms with van der Waals surface area (Å²) in [6.45, 7) is 7.48. The van der Waals surface area contributed by atoms with Gasteiger partial charge in [-0.05, 0) is 75.8 Å². The van der Waals surface area contributed by atoms with Crippen molar-refractivity contribution in [1.29, 1.82) is 0 Å². The van der Waals surface area contributed by atoms with Gasteiger partial charge in [0.05, 0.1) is 15.8 Å². The molecule has 31 heavy (non-hydrogen) atoms. The Morgan fingerprint density at radius 3 is 2.55 bits per heavy atom. The van der Waals surface area contributed by atoms with Crippen molar-refractivity contribution in [2.24, 2.45) is 5.92 Å². The maximum Gasteiger partial charge on any atom is 0.337 e. The number of rotatable bonds is 4. The van der Waals surface area contributed by atoms with Crippen molar-refractivity contribution in [2.45, 2.75) is 52.2 Å². The van der Waals surface area contributed by atoms with Crippen molar-refractivity contribution in [3.63, 3.8) is 0 Å². The number of fused-ring (bicyclic) bond motifs is 1. The molecule has 4 nitrogen and oxygen atoms in total. The predicted octanol–water partition coefficient (Wildman–Crippen LogP) is 6.63. The third-order valence-electron chi connectivity index (χ3n) is 4.98. The van der Waals surface area contributed by atoms with Crippen molar-refractivity contribution in [1.82, 2.24) is 4.98 Å². The van der Waals surface area contributed by atoms with E-state index in [1.54, 1.807) is 0 Å². The third kappa shape index (κ3) is 4.93. The molecule has 1 unspecified atom stereocenters. The molecular formula is C25H24ClNO3S. The van der Waals surface area contributed by atoms with E-state index in [0.29, 0.717) is 16.5 Å². The highest BCUT2D eigenvalue weighted by atomic mass is 35.5. The molecule has 0 aliphatic heterocycles. The first-order valence-electron chi connectivity index (χ1n) is 10.2. The fourth-order valence-corrected chi connectivity index (χ4v) is 4.60. The molecule has 2 aromatic carbocycles. The van der Waals surface area contributed by atoms with Gasteiger partial charge in [-0.3, -0.25) is 0 Å². The average Bonchev–Trinajstić information content (AvgIpc) is 3.42. The molecule has 0 amide bonds. The van der Waals surface area contributed by atoms with Crippen molar-refractivity contribution in [2.75, 3.05) is 0 Å². The monoisotopic (exact) mass is 453 g/mol. The molecule has 1 aromatic heterocycles.